The summed E-state index contributed by atoms with van der Waals surface area (Å²) in [5.41, 5.74) is -0.0324. The molecule has 1 spiro atoms. The van der Waals surface area contributed by atoms with Crippen LogP contribution in [-0.4, -0.2) is 42.8 Å². The molecule has 25 heavy (non-hydrogen) atoms. The Balaban J connectivity index is 1.34. The lowest BCUT2D eigenvalue weighted by Gasteiger charge is -2.54. The molecule has 0 radical (unpaired) electrons. The number of hydrogen-bond donors (Lipinski definition) is 0. The maximum Gasteiger partial charge on any atom is 0.410 e. The maximum atomic E-state index is 12.2. The number of carbonyl (C=O) groups excluding carboxylic acids is 1. The third kappa shape index (κ3) is 3.34. The van der Waals surface area contributed by atoms with Gasteiger partial charge in [-0.2, -0.15) is 0 Å². The van der Waals surface area contributed by atoms with Gasteiger partial charge < -0.3 is 14.5 Å². The molecular formula is C20H26N2O2S. The molecule has 0 N–H and O–H groups in total. The minimum atomic E-state index is -0.416. The van der Waals surface area contributed by atoms with Crippen molar-refractivity contribution in [2.24, 2.45) is 5.41 Å². The standard InChI is InChI=1S/C20H26N2O2S/c1-19(2,3)24-18(23)21-10-8-20(9-11-21)13-22(14-20)17-12-15-6-4-5-7-16(15)25-17/h4-7,12H,8-11,13-14H2,1-3H3. The molecule has 1 aromatic carbocycles. The Morgan fingerprint density at radius 2 is 1.84 bits per heavy atom. The average Bonchev–Trinajstić information content (AvgIpc) is 2.94. The molecule has 4 nitrogen and oxygen atoms in total. The zero-order valence-corrected chi connectivity index (χ0v) is 16.1. The van der Waals surface area contributed by atoms with E-state index in [0.29, 0.717) is 5.41 Å². The molecule has 0 atom stereocenters. The van der Waals surface area contributed by atoms with E-state index < -0.39 is 5.60 Å². The van der Waals surface area contributed by atoms with Gasteiger partial charge in [-0.3, -0.25) is 0 Å². The van der Waals surface area contributed by atoms with Crippen molar-refractivity contribution >= 4 is 32.5 Å². The number of ether oxygens (including phenoxy) is 1. The number of rotatable bonds is 1. The molecule has 3 heterocycles. The van der Waals surface area contributed by atoms with Crippen molar-refractivity contribution in [2.45, 2.75) is 39.2 Å². The lowest BCUT2D eigenvalue weighted by Crippen LogP contribution is -2.61. The number of anilines is 1. The number of benzene rings is 1. The predicted octanol–water partition coefficient (Wildman–Crippen LogP) is 4.74. The fourth-order valence-electron chi connectivity index (χ4n) is 3.85. The van der Waals surface area contributed by atoms with Gasteiger partial charge in [0.25, 0.3) is 0 Å². The van der Waals surface area contributed by atoms with E-state index in [1.54, 1.807) is 0 Å². The van der Waals surface area contributed by atoms with E-state index in [-0.39, 0.29) is 6.09 Å². The molecule has 4 rings (SSSR count). The van der Waals surface area contributed by atoms with Crippen LogP contribution in [0.25, 0.3) is 10.1 Å². The third-order valence-corrected chi connectivity index (χ3v) is 6.43. The number of likely N-dealkylation sites (tertiary alicyclic amines) is 1. The second-order valence-electron chi connectivity index (χ2n) is 8.45. The number of amides is 1. The molecule has 1 aromatic heterocycles. The highest BCUT2D eigenvalue weighted by Crippen LogP contribution is 2.45. The summed E-state index contributed by atoms with van der Waals surface area (Å²) in [7, 11) is 0. The highest BCUT2D eigenvalue weighted by molar-refractivity contribution is 7.22. The molecule has 0 saturated carbocycles. The van der Waals surface area contributed by atoms with Crippen molar-refractivity contribution in [3.8, 4) is 0 Å². The second kappa shape index (κ2) is 5.90. The molecule has 2 aromatic rings. The van der Waals surface area contributed by atoms with Crippen molar-refractivity contribution in [2.75, 3.05) is 31.1 Å². The SMILES string of the molecule is CC(C)(C)OC(=O)N1CCC2(CC1)CN(c1cc3ccccc3s1)C2. The third-order valence-electron chi connectivity index (χ3n) is 5.25. The van der Waals surface area contributed by atoms with Crippen LogP contribution in [0.4, 0.5) is 9.80 Å². The van der Waals surface area contributed by atoms with Crippen LogP contribution in [0.5, 0.6) is 0 Å². The number of fused-ring (bicyclic) bond motifs is 1. The van der Waals surface area contributed by atoms with Crippen LogP contribution in [0.1, 0.15) is 33.6 Å². The smallest absolute Gasteiger partial charge is 0.410 e. The topological polar surface area (TPSA) is 32.8 Å². The van der Waals surface area contributed by atoms with Crippen LogP contribution in [0.15, 0.2) is 30.3 Å². The summed E-state index contributed by atoms with van der Waals surface area (Å²) in [5.74, 6) is 0. The van der Waals surface area contributed by atoms with Crippen LogP contribution >= 0.6 is 11.3 Å². The van der Waals surface area contributed by atoms with Gasteiger partial charge in [0, 0.05) is 36.3 Å². The number of thiophene rings is 1. The summed E-state index contributed by atoms with van der Waals surface area (Å²) >= 11 is 1.88. The monoisotopic (exact) mass is 358 g/mol. The molecular weight excluding hydrogens is 332 g/mol. The fraction of sp³-hybridized carbons (Fsp3) is 0.550. The van der Waals surface area contributed by atoms with Gasteiger partial charge in [-0.05, 0) is 51.1 Å². The summed E-state index contributed by atoms with van der Waals surface area (Å²) in [4.78, 5) is 16.6. The van der Waals surface area contributed by atoms with Crippen LogP contribution in [-0.2, 0) is 4.74 Å². The summed E-state index contributed by atoms with van der Waals surface area (Å²) < 4.78 is 6.86. The minimum absolute atomic E-state index is 0.164. The largest absolute Gasteiger partial charge is 0.444 e. The van der Waals surface area contributed by atoms with Gasteiger partial charge in [0.1, 0.15) is 5.60 Å². The summed E-state index contributed by atoms with van der Waals surface area (Å²) in [6.45, 7) is 9.62. The second-order valence-corrected chi connectivity index (χ2v) is 9.51. The molecule has 5 heteroatoms. The first-order valence-corrected chi connectivity index (χ1v) is 9.87. The van der Waals surface area contributed by atoms with Crippen LogP contribution in [0, 0.1) is 5.41 Å². The Hall–Kier alpha value is -1.75. The van der Waals surface area contributed by atoms with E-state index in [2.05, 4.69) is 35.2 Å². The molecule has 134 valence electrons. The minimum Gasteiger partial charge on any atom is -0.444 e. The van der Waals surface area contributed by atoms with E-state index in [4.69, 9.17) is 4.74 Å². The number of nitrogens with zero attached hydrogens (tertiary/aromatic N) is 2. The van der Waals surface area contributed by atoms with E-state index in [1.165, 1.54) is 15.1 Å². The molecule has 2 aliphatic heterocycles. The van der Waals surface area contributed by atoms with Crippen molar-refractivity contribution in [1.82, 2.24) is 4.90 Å². The lowest BCUT2D eigenvalue weighted by molar-refractivity contribution is 0.00606. The van der Waals surface area contributed by atoms with Crippen molar-refractivity contribution in [1.29, 1.82) is 0 Å². The van der Waals surface area contributed by atoms with Crippen LogP contribution in [0.3, 0.4) is 0 Å². The maximum absolute atomic E-state index is 12.2. The first kappa shape index (κ1) is 16.7. The Kier molecular flexibility index (Phi) is 3.95. The highest BCUT2D eigenvalue weighted by atomic mass is 32.1. The van der Waals surface area contributed by atoms with Gasteiger partial charge >= 0.3 is 6.09 Å². The first-order chi connectivity index (χ1) is 11.8. The molecule has 0 bridgehead atoms. The first-order valence-electron chi connectivity index (χ1n) is 9.05. The van der Waals surface area contributed by atoms with Crippen molar-refractivity contribution in [3.63, 3.8) is 0 Å². The van der Waals surface area contributed by atoms with E-state index in [0.717, 1.165) is 39.0 Å². The summed E-state index contributed by atoms with van der Waals surface area (Å²) in [6, 6.07) is 10.9. The number of hydrogen-bond acceptors (Lipinski definition) is 4. The lowest BCUT2D eigenvalue weighted by atomic mass is 9.72. The van der Waals surface area contributed by atoms with Gasteiger partial charge in [-0.1, -0.05) is 18.2 Å². The van der Waals surface area contributed by atoms with Gasteiger partial charge in [0.05, 0.1) is 5.00 Å². The predicted molar refractivity (Wildman–Crippen MR) is 104 cm³/mol. The van der Waals surface area contributed by atoms with E-state index in [9.17, 15) is 4.79 Å². The molecule has 2 fully saturated rings. The summed E-state index contributed by atoms with van der Waals surface area (Å²) in [6.07, 6.45) is 1.99. The van der Waals surface area contributed by atoms with Gasteiger partial charge in [-0.15, -0.1) is 11.3 Å². The van der Waals surface area contributed by atoms with Gasteiger partial charge in [0.2, 0.25) is 0 Å². The Morgan fingerprint density at radius 3 is 2.48 bits per heavy atom. The van der Waals surface area contributed by atoms with Crippen molar-refractivity contribution < 1.29 is 9.53 Å². The van der Waals surface area contributed by atoms with Gasteiger partial charge in [-0.25, -0.2) is 4.79 Å². The fourth-order valence-corrected chi connectivity index (χ4v) is 4.91. The van der Waals surface area contributed by atoms with Crippen molar-refractivity contribution in [3.05, 3.63) is 30.3 Å². The quantitative estimate of drug-likeness (QED) is 0.738. The number of carbonyl (C=O) groups is 1. The zero-order chi connectivity index (χ0) is 17.7. The molecule has 0 aliphatic carbocycles. The van der Waals surface area contributed by atoms with Gasteiger partial charge in [0.15, 0.2) is 0 Å². The van der Waals surface area contributed by atoms with Crippen LogP contribution in [0.2, 0.25) is 0 Å². The average molecular weight is 359 g/mol. The summed E-state index contributed by atoms with van der Waals surface area (Å²) in [5, 5.41) is 2.71. The highest BCUT2D eigenvalue weighted by Gasteiger charge is 2.46. The van der Waals surface area contributed by atoms with Crippen LogP contribution < -0.4 is 4.90 Å². The molecule has 2 aliphatic rings. The van der Waals surface area contributed by atoms with E-state index >= 15 is 0 Å². The molecule has 2 saturated heterocycles. The Bertz CT molecular complexity index is 743. The molecule has 1 amide bonds. The Morgan fingerprint density at radius 1 is 1.16 bits per heavy atom. The van der Waals surface area contributed by atoms with E-state index in [1.807, 2.05) is 37.0 Å². The molecule has 0 unspecified atom stereocenters. The number of piperidine rings is 1. The zero-order valence-electron chi connectivity index (χ0n) is 15.2. The Labute approximate surface area is 153 Å². The normalized spacial score (nSPS) is 20.0.